The molecule has 0 aliphatic heterocycles. The number of anilines is 1. The lowest BCUT2D eigenvalue weighted by Gasteiger charge is -2.09. The van der Waals surface area contributed by atoms with Crippen molar-refractivity contribution in [2.75, 3.05) is 5.32 Å². The van der Waals surface area contributed by atoms with E-state index in [-0.39, 0.29) is 5.91 Å². The van der Waals surface area contributed by atoms with E-state index in [4.69, 9.17) is 16.3 Å². The molecule has 0 spiro atoms. The Morgan fingerprint density at radius 3 is 2.50 bits per heavy atom. The minimum atomic E-state index is -0.173. The van der Waals surface area contributed by atoms with E-state index in [0.29, 0.717) is 23.0 Å². The van der Waals surface area contributed by atoms with Crippen LogP contribution in [-0.2, 0) is 13.7 Å². The molecule has 4 nitrogen and oxygen atoms in total. The van der Waals surface area contributed by atoms with Gasteiger partial charge in [-0.2, -0.15) is 0 Å². The smallest absolute Gasteiger partial charge is 0.272 e. The summed E-state index contributed by atoms with van der Waals surface area (Å²) in [6, 6.07) is 24.8. The summed E-state index contributed by atoms with van der Waals surface area (Å²) in [5.41, 5.74) is 3.31. The number of benzene rings is 3. The van der Waals surface area contributed by atoms with Gasteiger partial charge in [0.15, 0.2) is 0 Å². The Labute approximate surface area is 168 Å². The van der Waals surface area contributed by atoms with Crippen LogP contribution < -0.4 is 10.1 Å². The molecule has 0 fully saturated rings. The summed E-state index contributed by atoms with van der Waals surface area (Å²) in [7, 11) is 1.86. The molecule has 1 heterocycles. The van der Waals surface area contributed by atoms with Gasteiger partial charge in [-0.3, -0.25) is 4.79 Å². The van der Waals surface area contributed by atoms with E-state index in [2.05, 4.69) is 5.32 Å². The fourth-order valence-corrected chi connectivity index (χ4v) is 3.26. The zero-order valence-electron chi connectivity index (χ0n) is 15.4. The molecule has 0 aliphatic rings. The van der Waals surface area contributed by atoms with Crippen molar-refractivity contribution in [2.45, 2.75) is 6.61 Å². The van der Waals surface area contributed by atoms with E-state index < -0.39 is 0 Å². The highest BCUT2D eigenvalue weighted by Gasteiger charge is 2.14. The molecular weight excluding hydrogens is 372 g/mol. The second-order valence-corrected chi connectivity index (χ2v) is 6.98. The predicted octanol–water partition coefficient (Wildman–Crippen LogP) is 5.66. The third-order valence-electron chi connectivity index (χ3n) is 4.60. The minimum absolute atomic E-state index is 0.173. The van der Waals surface area contributed by atoms with E-state index in [9.17, 15) is 4.79 Å². The summed E-state index contributed by atoms with van der Waals surface area (Å²) in [6.45, 7) is 0.505. The summed E-state index contributed by atoms with van der Waals surface area (Å²) in [5.74, 6) is 0.578. The first-order valence-electron chi connectivity index (χ1n) is 8.93. The normalized spacial score (nSPS) is 10.8. The van der Waals surface area contributed by atoms with Crippen LogP contribution >= 0.6 is 11.6 Å². The molecule has 0 radical (unpaired) electrons. The van der Waals surface area contributed by atoms with Crippen LogP contribution in [0, 0.1) is 0 Å². The molecule has 3 aromatic carbocycles. The molecule has 0 saturated carbocycles. The van der Waals surface area contributed by atoms with E-state index >= 15 is 0 Å². The second-order valence-electron chi connectivity index (χ2n) is 6.54. The molecule has 1 amide bonds. The highest BCUT2D eigenvalue weighted by Crippen LogP contribution is 2.24. The lowest BCUT2D eigenvalue weighted by Crippen LogP contribution is -2.15. The molecule has 0 aliphatic carbocycles. The fourth-order valence-electron chi connectivity index (χ4n) is 3.09. The van der Waals surface area contributed by atoms with Gasteiger partial charge in [-0.25, -0.2) is 0 Å². The number of amides is 1. The molecule has 1 aromatic heterocycles. The highest BCUT2D eigenvalue weighted by molar-refractivity contribution is 6.31. The second kappa shape index (κ2) is 7.79. The van der Waals surface area contributed by atoms with Crippen molar-refractivity contribution in [1.29, 1.82) is 0 Å². The van der Waals surface area contributed by atoms with Gasteiger partial charge in [-0.15, -0.1) is 0 Å². The van der Waals surface area contributed by atoms with Gasteiger partial charge < -0.3 is 14.6 Å². The van der Waals surface area contributed by atoms with Gasteiger partial charge in [-0.05, 0) is 48.0 Å². The zero-order valence-corrected chi connectivity index (χ0v) is 16.1. The molecular formula is C23H19ClN2O2. The van der Waals surface area contributed by atoms with Crippen LogP contribution in [0.1, 0.15) is 16.1 Å². The predicted molar refractivity (Wildman–Crippen MR) is 113 cm³/mol. The van der Waals surface area contributed by atoms with Gasteiger partial charge in [0.2, 0.25) is 0 Å². The van der Waals surface area contributed by atoms with Gasteiger partial charge >= 0.3 is 0 Å². The number of carbonyl (C=O) groups is 1. The Balaban J connectivity index is 1.44. The number of halogens is 1. The van der Waals surface area contributed by atoms with Crippen LogP contribution in [0.15, 0.2) is 78.9 Å². The molecule has 0 saturated heterocycles. The van der Waals surface area contributed by atoms with Gasteiger partial charge in [0.25, 0.3) is 5.91 Å². The number of carbonyl (C=O) groups excluding carboxylic acids is 1. The van der Waals surface area contributed by atoms with Crippen LogP contribution in [0.25, 0.3) is 10.9 Å². The number of nitrogens with zero attached hydrogens (tertiary/aromatic N) is 1. The quantitative estimate of drug-likeness (QED) is 0.477. The average molecular weight is 391 g/mol. The largest absolute Gasteiger partial charge is 0.489 e. The van der Waals surface area contributed by atoms with Crippen molar-refractivity contribution >= 4 is 34.1 Å². The molecule has 0 atom stereocenters. The maximum atomic E-state index is 12.7. The van der Waals surface area contributed by atoms with Crippen molar-refractivity contribution < 1.29 is 9.53 Å². The number of ether oxygens (including phenoxy) is 1. The van der Waals surface area contributed by atoms with Crippen LogP contribution in [0.4, 0.5) is 5.69 Å². The highest BCUT2D eigenvalue weighted by atomic mass is 35.5. The van der Waals surface area contributed by atoms with Crippen molar-refractivity contribution in [3.05, 3.63) is 95.1 Å². The van der Waals surface area contributed by atoms with Gasteiger partial charge in [0, 0.05) is 28.7 Å². The van der Waals surface area contributed by atoms with Crippen molar-refractivity contribution in [1.82, 2.24) is 4.57 Å². The van der Waals surface area contributed by atoms with Gasteiger partial charge in [-0.1, -0.05) is 48.0 Å². The van der Waals surface area contributed by atoms with Crippen molar-refractivity contribution in [2.24, 2.45) is 7.05 Å². The Morgan fingerprint density at radius 2 is 1.75 bits per heavy atom. The lowest BCUT2D eigenvalue weighted by atomic mass is 10.2. The first kappa shape index (κ1) is 18.1. The Bertz CT molecular complexity index is 1120. The monoisotopic (exact) mass is 390 g/mol. The van der Waals surface area contributed by atoms with Crippen molar-refractivity contribution in [3.8, 4) is 5.75 Å². The summed E-state index contributed by atoms with van der Waals surface area (Å²) in [5, 5.41) is 4.55. The maximum absolute atomic E-state index is 12.7. The zero-order chi connectivity index (χ0) is 19.5. The Morgan fingerprint density at radius 1 is 1.00 bits per heavy atom. The summed E-state index contributed by atoms with van der Waals surface area (Å²) < 4.78 is 7.62. The van der Waals surface area contributed by atoms with Crippen molar-refractivity contribution in [3.63, 3.8) is 0 Å². The third kappa shape index (κ3) is 3.87. The summed E-state index contributed by atoms with van der Waals surface area (Å²) in [4.78, 5) is 12.7. The molecule has 140 valence electrons. The molecule has 5 heteroatoms. The Kier molecular flexibility index (Phi) is 5.04. The number of rotatable bonds is 5. The van der Waals surface area contributed by atoms with Gasteiger partial charge in [0.1, 0.15) is 18.1 Å². The number of nitrogens with one attached hydrogen (secondary N) is 1. The van der Waals surface area contributed by atoms with Crippen LogP contribution in [0.5, 0.6) is 5.75 Å². The van der Waals surface area contributed by atoms with Crippen LogP contribution in [0.2, 0.25) is 5.02 Å². The number of fused-ring (bicyclic) bond motifs is 1. The van der Waals surface area contributed by atoms with Crippen LogP contribution in [-0.4, -0.2) is 10.5 Å². The molecule has 4 aromatic rings. The number of aromatic nitrogens is 1. The van der Waals surface area contributed by atoms with E-state index in [1.165, 1.54) is 0 Å². The van der Waals surface area contributed by atoms with E-state index in [1.807, 2.05) is 90.5 Å². The number of hydrogen-bond acceptors (Lipinski definition) is 2. The first-order valence-corrected chi connectivity index (χ1v) is 9.31. The number of aryl methyl sites for hydroxylation is 1. The first-order chi connectivity index (χ1) is 13.6. The molecule has 4 rings (SSSR count). The summed E-state index contributed by atoms with van der Waals surface area (Å²) in [6.07, 6.45) is 0. The van der Waals surface area contributed by atoms with E-state index in [1.54, 1.807) is 0 Å². The SMILES string of the molecule is Cn1c(C(=O)Nc2ccc(OCc3ccccc3)cc2)cc2ccc(Cl)cc21. The molecule has 0 bridgehead atoms. The fraction of sp³-hybridized carbons (Fsp3) is 0.0870. The molecule has 0 unspecified atom stereocenters. The van der Waals surface area contributed by atoms with Crippen LogP contribution in [0.3, 0.4) is 0 Å². The van der Waals surface area contributed by atoms with E-state index in [0.717, 1.165) is 22.2 Å². The minimum Gasteiger partial charge on any atom is -0.489 e. The third-order valence-corrected chi connectivity index (χ3v) is 4.84. The summed E-state index contributed by atoms with van der Waals surface area (Å²) >= 11 is 6.06. The molecule has 1 N–H and O–H groups in total. The maximum Gasteiger partial charge on any atom is 0.272 e. The number of hydrogen-bond donors (Lipinski definition) is 1. The Hall–Kier alpha value is -3.24. The molecule has 28 heavy (non-hydrogen) atoms. The standard InChI is InChI=1S/C23H19ClN2O2/c1-26-21-14-18(24)8-7-17(21)13-22(26)23(27)25-19-9-11-20(12-10-19)28-15-16-5-3-2-4-6-16/h2-14H,15H2,1H3,(H,25,27). The average Bonchev–Trinajstić information content (AvgIpc) is 3.04. The lowest BCUT2D eigenvalue weighted by molar-refractivity contribution is 0.101. The topological polar surface area (TPSA) is 43.3 Å². The van der Waals surface area contributed by atoms with Gasteiger partial charge in [0.05, 0.1) is 0 Å².